The van der Waals surface area contributed by atoms with Gasteiger partial charge in [-0.2, -0.15) is 0 Å². The number of aliphatic hydroxyl groups excluding tert-OH is 1. The van der Waals surface area contributed by atoms with Crippen LogP contribution in [0.25, 0.3) is 0 Å². The molecule has 2 heterocycles. The first kappa shape index (κ1) is 36.3. The fourth-order valence-corrected chi connectivity index (χ4v) is 7.62. The summed E-state index contributed by atoms with van der Waals surface area (Å²) in [6, 6.07) is 0.442. The van der Waals surface area contributed by atoms with Crippen molar-refractivity contribution in [2.45, 2.75) is 122 Å². The molecule has 0 spiro atoms. The zero-order valence-corrected chi connectivity index (χ0v) is 29.0. The summed E-state index contributed by atoms with van der Waals surface area (Å²) in [5.41, 5.74) is -2.30. The Morgan fingerprint density at radius 3 is 2.26 bits per heavy atom. The molecule has 3 aliphatic rings. The van der Waals surface area contributed by atoms with Gasteiger partial charge in [0.2, 0.25) is 0 Å². The highest BCUT2D eigenvalue weighted by molar-refractivity contribution is 6.04. The predicted octanol–water partition coefficient (Wildman–Crippen LogP) is 3.05. The van der Waals surface area contributed by atoms with Crippen LogP contribution < -0.4 is 0 Å². The Bertz CT molecular complexity index is 941. The molecule has 1 N–H and O–H groups in total. The quantitative estimate of drug-likeness (QED) is 0.342. The lowest BCUT2D eigenvalue weighted by molar-refractivity contribution is -0.295. The minimum atomic E-state index is -1.39. The SMILES string of the molecule is CCN(C)[C@H]1C[C@H]([C@@H]2COC(=O)C(C)(C)C(=O)[C@H](C)[C@@H](O[C@@H]3O[C@H](C)C[C@H](N(C)C)[C@H]3O)[C@](C)(OC)C[C@@H](C)CN2C)C1. The monoisotopic (exact) mass is 611 g/mol. The maximum Gasteiger partial charge on any atom is 0.319 e. The zero-order chi connectivity index (χ0) is 32.4. The second kappa shape index (κ2) is 14.5. The summed E-state index contributed by atoms with van der Waals surface area (Å²) >= 11 is 0. The standard InChI is InChI=1S/C33H61N3O7/c1-13-35(10)24-15-23(16-24)26-19-41-31(39)32(5,6)28(38)22(4)29(33(7,40-12)17-20(2)18-36(26)11)43-30-27(37)25(34(8)9)14-21(3)42-30/h20-27,29-30,37H,13-19H2,1-12H3/t20-,21-,22+,23-,24-,25+,26+,27-,29-,30+,33-/m1/s1. The third-order valence-electron chi connectivity index (χ3n) is 10.7. The second-order valence-corrected chi connectivity index (χ2v) is 14.8. The summed E-state index contributed by atoms with van der Waals surface area (Å²) in [6.45, 7) is 15.4. The number of carbonyl (C=O) groups is 2. The van der Waals surface area contributed by atoms with Crippen LogP contribution in [0.1, 0.15) is 74.1 Å². The van der Waals surface area contributed by atoms with E-state index in [0.29, 0.717) is 24.8 Å². The van der Waals surface area contributed by atoms with Gasteiger partial charge in [0.25, 0.3) is 0 Å². The Kier molecular flexibility index (Phi) is 12.3. The molecule has 1 aliphatic carbocycles. The van der Waals surface area contributed by atoms with E-state index in [1.807, 2.05) is 32.8 Å². The van der Waals surface area contributed by atoms with Crippen LogP contribution in [0.3, 0.4) is 0 Å². The van der Waals surface area contributed by atoms with Crippen molar-refractivity contribution in [3.05, 3.63) is 0 Å². The number of hydrogen-bond donors (Lipinski definition) is 1. The van der Waals surface area contributed by atoms with Gasteiger partial charge in [-0.05, 0) is 99.9 Å². The van der Waals surface area contributed by atoms with Gasteiger partial charge in [-0.1, -0.05) is 20.8 Å². The lowest BCUT2D eigenvalue weighted by atomic mass is 9.74. The molecule has 0 aromatic rings. The van der Waals surface area contributed by atoms with E-state index < -0.39 is 41.4 Å². The Balaban J connectivity index is 1.95. The molecular weight excluding hydrogens is 550 g/mol. The van der Waals surface area contributed by atoms with Crippen molar-refractivity contribution < 1.29 is 33.6 Å². The van der Waals surface area contributed by atoms with E-state index in [4.69, 9.17) is 18.9 Å². The molecule has 2 aliphatic heterocycles. The summed E-state index contributed by atoms with van der Waals surface area (Å²) in [5, 5.41) is 11.3. The van der Waals surface area contributed by atoms with Crippen molar-refractivity contribution in [1.82, 2.24) is 14.7 Å². The molecule has 9 atom stereocenters. The van der Waals surface area contributed by atoms with Gasteiger partial charge < -0.3 is 33.9 Å². The number of likely N-dealkylation sites (N-methyl/N-ethyl adjacent to an activating group) is 2. The summed E-state index contributed by atoms with van der Waals surface area (Å²) in [7, 11) is 9.77. The molecule has 10 heteroatoms. The minimum Gasteiger partial charge on any atom is -0.463 e. The molecule has 43 heavy (non-hydrogen) atoms. The number of nitrogens with zero attached hydrogens (tertiary/aromatic N) is 3. The Morgan fingerprint density at radius 1 is 1.07 bits per heavy atom. The molecule has 250 valence electrons. The van der Waals surface area contributed by atoms with Gasteiger partial charge in [0.1, 0.15) is 18.1 Å². The minimum absolute atomic E-state index is 0.0630. The Morgan fingerprint density at radius 2 is 1.70 bits per heavy atom. The highest BCUT2D eigenvalue weighted by Gasteiger charge is 2.52. The van der Waals surface area contributed by atoms with Gasteiger partial charge in [0.05, 0.1) is 17.8 Å². The van der Waals surface area contributed by atoms with E-state index in [1.54, 1.807) is 27.9 Å². The molecule has 0 amide bonds. The molecule has 10 nitrogen and oxygen atoms in total. The van der Waals surface area contributed by atoms with Crippen molar-refractivity contribution >= 4 is 11.8 Å². The smallest absolute Gasteiger partial charge is 0.319 e. The van der Waals surface area contributed by atoms with E-state index in [9.17, 15) is 14.7 Å². The van der Waals surface area contributed by atoms with Crippen LogP contribution in [0.4, 0.5) is 0 Å². The van der Waals surface area contributed by atoms with Crippen molar-refractivity contribution in [3.8, 4) is 0 Å². The average molecular weight is 612 g/mol. The molecule has 0 aromatic heterocycles. The van der Waals surface area contributed by atoms with Crippen LogP contribution in [0.5, 0.6) is 0 Å². The maximum atomic E-state index is 14.2. The molecule has 1 saturated carbocycles. The number of ketones is 1. The van der Waals surface area contributed by atoms with Crippen molar-refractivity contribution in [2.75, 3.05) is 55.0 Å². The highest BCUT2D eigenvalue weighted by Crippen LogP contribution is 2.40. The lowest BCUT2D eigenvalue weighted by Crippen LogP contribution is -2.59. The second-order valence-electron chi connectivity index (χ2n) is 14.8. The topological polar surface area (TPSA) is 101 Å². The third kappa shape index (κ3) is 7.99. The van der Waals surface area contributed by atoms with Crippen LogP contribution in [-0.4, -0.2) is 135 Å². The molecular formula is C33H61N3O7. The van der Waals surface area contributed by atoms with Gasteiger partial charge in [-0.15, -0.1) is 0 Å². The van der Waals surface area contributed by atoms with Crippen molar-refractivity contribution in [3.63, 3.8) is 0 Å². The number of hydrogen-bond acceptors (Lipinski definition) is 10. The van der Waals surface area contributed by atoms with Crippen molar-refractivity contribution in [2.24, 2.45) is 23.2 Å². The van der Waals surface area contributed by atoms with Gasteiger partial charge in [-0.25, -0.2) is 0 Å². The molecule has 0 radical (unpaired) electrons. The number of carbonyl (C=O) groups excluding carboxylic acids is 2. The number of rotatable bonds is 7. The third-order valence-corrected chi connectivity index (χ3v) is 10.7. The lowest BCUT2D eigenvalue weighted by Gasteiger charge is -2.48. The van der Waals surface area contributed by atoms with E-state index in [1.165, 1.54) is 0 Å². The first-order valence-electron chi connectivity index (χ1n) is 16.3. The molecule has 3 rings (SSSR count). The predicted molar refractivity (Wildman–Crippen MR) is 167 cm³/mol. The summed E-state index contributed by atoms with van der Waals surface area (Å²) in [4.78, 5) is 34.4. The average Bonchev–Trinajstić information content (AvgIpc) is 2.91. The largest absolute Gasteiger partial charge is 0.463 e. The molecule has 0 bridgehead atoms. The fraction of sp³-hybridized carbons (Fsp3) is 0.939. The van der Waals surface area contributed by atoms with Crippen LogP contribution in [0, 0.1) is 23.2 Å². The first-order valence-corrected chi connectivity index (χ1v) is 16.3. The summed E-state index contributed by atoms with van der Waals surface area (Å²) in [6.07, 6.45) is 0.597. The first-order chi connectivity index (χ1) is 20.0. The fourth-order valence-electron chi connectivity index (χ4n) is 7.62. The Hall–Kier alpha value is -1.14. The van der Waals surface area contributed by atoms with E-state index in [2.05, 4.69) is 37.7 Å². The van der Waals surface area contributed by atoms with Crippen molar-refractivity contribution in [1.29, 1.82) is 0 Å². The molecule has 3 fully saturated rings. The van der Waals surface area contributed by atoms with Crippen LogP contribution in [0.15, 0.2) is 0 Å². The number of methoxy groups -OCH3 is 1. The maximum absolute atomic E-state index is 14.2. The zero-order valence-electron chi connectivity index (χ0n) is 29.0. The van der Waals surface area contributed by atoms with E-state index in [-0.39, 0.29) is 36.5 Å². The summed E-state index contributed by atoms with van der Waals surface area (Å²) in [5.74, 6) is -0.955. The number of aliphatic hydroxyl groups is 1. The molecule has 0 aromatic carbocycles. The van der Waals surface area contributed by atoms with Crippen LogP contribution in [-0.2, 0) is 28.5 Å². The number of Topliss-reactive ketones (excluding diaryl/α,β-unsaturated/α-hetero) is 1. The van der Waals surface area contributed by atoms with Gasteiger partial charge >= 0.3 is 5.97 Å². The Labute approximate surface area is 260 Å². The molecule has 2 saturated heterocycles. The van der Waals surface area contributed by atoms with Gasteiger partial charge in [0, 0.05) is 37.7 Å². The number of esters is 1. The number of ether oxygens (including phenoxy) is 4. The summed E-state index contributed by atoms with van der Waals surface area (Å²) < 4.78 is 25.0. The highest BCUT2D eigenvalue weighted by atomic mass is 16.7. The van der Waals surface area contributed by atoms with Gasteiger partial charge in [0.15, 0.2) is 12.1 Å². The van der Waals surface area contributed by atoms with E-state index >= 15 is 0 Å². The van der Waals surface area contributed by atoms with Crippen LogP contribution in [0.2, 0.25) is 0 Å². The molecule has 0 unspecified atom stereocenters. The van der Waals surface area contributed by atoms with E-state index in [0.717, 1.165) is 25.9 Å². The van der Waals surface area contributed by atoms with Crippen LogP contribution >= 0.6 is 0 Å². The van der Waals surface area contributed by atoms with Gasteiger partial charge in [-0.3, -0.25) is 14.5 Å². The normalized spacial score (nSPS) is 42.1. The number of cyclic esters (lactones) is 1.